The SMILES string of the molecule is COc1cncc(-c2cc(Cl)ccc2C=O)c1. The molecule has 0 fully saturated rings. The van der Waals surface area contributed by atoms with Crippen LogP contribution in [0.5, 0.6) is 5.75 Å². The number of methoxy groups -OCH3 is 1. The van der Waals surface area contributed by atoms with Gasteiger partial charge in [-0.2, -0.15) is 0 Å². The lowest BCUT2D eigenvalue weighted by molar-refractivity contribution is 0.112. The fourth-order valence-corrected chi connectivity index (χ4v) is 1.73. The summed E-state index contributed by atoms with van der Waals surface area (Å²) in [5, 5.41) is 0.577. The first-order chi connectivity index (χ1) is 8.24. The van der Waals surface area contributed by atoms with E-state index in [0.717, 1.165) is 17.4 Å². The maximum Gasteiger partial charge on any atom is 0.150 e. The van der Waals surface area contributed by atoms with E-state index in [1.165, 1.54) is 0 Å². The third-order valence-corrected chi connectivity index (χ3v) is 2.64. The molecule has 17 heavy (non-hydrogen) atoms. The molecule has 0 aliphatic heterocycles. The molecule has 1 aromatic heterocycles. The van der Waals surface area contributed by atoms with Crippen molar-refractivity contribution in [2.75, 3.05) is 7.11 Å². The van der Waals surface area contributed by atoms with Gasteiger partial charge in [0, 0.05) is 22.3 Å². The number of ether oxygens (including phenoxy) is 1. The highest BCUT2D eigenvalue weighted by Gasteiger charge is 2.07. The van der Waals surface area contributed by atoms with Gasteiger partial charge in [0.1, 0.15) is 5.75 Å². The van der Waals surface area contributed by atoms with Gasteiger partial charge in [0.25, 0.3) is 0 Å². The van der Waals surface area contributed by atoms with Crippen molar-refractivity contribution in [2.45, 2.75) is 0 Å². The summed E-state index contributed by atoms with van der Waals surface area (Å²) < 4.78 is 5.10. The molecule has 0 saturated heterocycles. The number of pyridine rings is 1. The van der Waals surface area contributed by atoms with E-state index in [1.54, 1.807) is 37.7 Å². The first kappa shape index (κ1) is 11.6. The van der Waals surface area contributed by atoms with Crippen LogP contribution in [-0.2, 0) is 0 Å². The molecular formula is C13H10ClNO2. The van der Waals surface area contributed by atoms with Crippen molar-refractivity contribution in [3.05, 3.63) is 47.2 Å². The predicted octanol–water partition coefficient (Wildman–Crippen LogP) is 3.22. The highest BCUT2D eigenvalue weighted by molar-refractivity contribution is 6.31. The monoisotopic (exact) mass is 247 g/mol. The molecule has 0 atom stereocenters. The Balaban J connectivity index is 2.58. The van der Waals surface area contributed by atoms with Crippen molar-refractivity contribution in [3.8, 4) is 16.9 Å². The second-order valence-electron chi connectivity index (χ2n) is 3.46. The van der Waals surface area contributed by atoms with Gasteiger partial charge in [0.2, 0.25) is 0 Å². The first-order valence-corrected chi connectivity index (χ1v) is 5.36. The molecule has 4 heteroatoms. The van der Waals surface area contributed by atoms with E-state index < -0.39 is 0 Å². The lowest BCUT2D eigenvalue weighted by atomic mass is 10.0. The van der Waals surface area contributed by atoms with Gasteiger partial charge in [-0.3, -0.25) is 9.78 Å². The molecule has 2 rings (SSSR count). The molecule has 0 spiro atoms. The molecule has 0 amide bonds. The minimum Gasteiger partial charge on any atom is -0.495 e. The van der Waals surface area contributed by atoms with Gasteiger partial charge in [-0.05, 0) is 29.8 Å². The Hall–Kier alpha value is -1.87. The molecule has 1 aromatic carbocycles. The van der Waals surface area contributed by atoms with E-state index in [9.17, 15) is 4.79 Å². The zero-order valence-electron chi connectivity index (χ0n) is 9.18. The van der Waals surface area contributed by atoms with Gasteiger partial charge in [0.15, 0.2) is 6.29 Å². The van der Waals surface area contributed by atoms with Crippen molar-refractivity contribution < 1.29 is 9.53 Å². The highest BCUT2D eigenvalue weighted by atomic mass is 35.5. The smallest absolute Gasteiger partial charge is 0.150 e. The minimum absolute atomic E-state index is 0.574. The molecule has 86 valence electrons. The average molecular weight is 248 g/mol. The molecular weight excluding hydrogens is 238 g/mol. The minimum atomic E-state index is 0.574. The van der Waals surface area contributed by atoms with Crippen LogP contribution in [0.4, 0.5) is 0 Å². The molecule has 0 bridgehead atoms. The number of benzene rings is 1. The summed E-state index contributed by atoms with van der Waals surface area (Å²) in [5.41, 5.74) is 2.12. The van der Waals surface area contributed by atoms with Gasteiger partial charge >= 0.3 is 0 Å². The largest absolute Gasteiger partial charge is 0.495 e. The Morgan fingerprint density at radius 1 is 1.29 bits per heavy atom. The van der Waals surface area contributed by atoms with Crippen molar-refractivity contribution in [2.24, 2.45) is 0 Å². The number of carbonyl (C=O) groups excluding carboxylic acids is 1. The van der Waals surface area contributed by atoms with E-state index in [2.05, 4.69) is 4.98 Å². The van der Waals surface area contributed by atoms with Gasteiger partial charge in [-0.1, -0.05) is 11.6 Å². The first-order valence-electron chi connectivity index (χ1n) is 4.98. The van der Waals surface area contributed by atoms with Gasteiger partial charge in [0.05, 0.1) is 13.3 Å². The Kier molecular flexibility index (Phi) is 3.40. The fourth-order valence-electron chi connectivity index (χ4n) is 1.56. The maximum atomic E-state index is 11.0. The molecule has 2 aromatic rings. The maximum absolute atomic E-state index is 11.0. The van der Waals surface area contributed by atoms with Crippen LogP contribution >= 0.6 is 11.6 Å². The Morgan fingerprint density at radius 2 is 2.12 bits per heavy atom. The van der Waals surface area contributed by atoms with E-state index in [1.807, 2.05) is 6.07 Å². The van der Waals surface area contributed by atoms with Crippen LogP contribution < -0.4 is 4.74 Å². The summed E-state index contributed by atoms with van der Waals surface area (Å²) in [6.45, 7) is 0. The van der Waals surface area contributed by atoms with Gasteiger partial charge in [-0.25, -0.2) is 0 Å². The predicted molar refractivity (Wildman–Crippen MR) is 66.6 cm³/mol. The fraction of sp³-hybridized carbons (Fsp3) is 0.0769. The molecule has 1 heterocycles. The van der Waals surface area contributed by atoms with Crippen molar-refractivity contribution >= 4 is 17.9 Å². The number of hydrogen-bond donors (Lipinski definition) is 0. The average Bonchev–Trinajstić information content (AvgIpc) is 2.39. The van der Waals surface area contributed by atoms with E-state index in [4.69, 9.17) is 16.3 Å². The number of carbonyl (C=O) groups is 1. The topological polar surface area (TPSA) is 39.2 Å². The van der Waals surface area contributed by atoms with Crippen LogP contribution in [0, 0.1) is 0 Å². The molecule has 0 radical (unpaired) electrons. The second kappa shape index (κ2) is 4.97. The van der Waals surface area contributed by atoms with Crippen LogP contribution in [0.1, 0.15) is 10.4 Å². The van der Waals surface area contributed by atoms with E-state index >= 15 is 0 Å². The summed E-state index contributed by atoms with van der Waals surface area (Å²) >= 11 is 5.93. The summed E-state index contributed by atoms with van der Waals surface area (Å²) in [5.74, 6) is 0.638. The third-order valence-electron chi connectivity index (χ3n) is 2.40. The molecule has 0 N–H and O–H groups in total. The summed E-state index contributed by atoms with van der Waals surface area (Å²) in [4.78, 5) is 15.0. The van der Waals surface area contributed by atoms with E-state index in [-0.39, 0.29) is 0 Å². The normalized spacial score (nSPS) is 10.0. The van der Waals surface area contributed by atoms with Crippen molar-refractivity contribution in [1.82, 2.24) is 4.98 Å². The summed E-state index contributed by atoms with van der Waals surface area (Å²) in [6.07, 6.45) is 4.07. The third kappa shape index (κ3) is 2.45. The number of aromatic nitrogens is 1. The molecule has 3 nitrogen and oxygen atoms in total. The Morgan fingerprint density at radius 3 is 2.82 bits per heavy atom. The standard InChI is InChI=1S/C13H10ClNO2/c1-17-12-4-10(6-15-7-12)13-5-11(14)3-2-9(13)8-16/h2-8H,1H3. The molecule has 0 aliphatic carbocycles. The number of rotatable bonds is 3. The van der Waals surface area contributed by atoms with Gasteiger partial charge < -0.3 is 4.74 Å². The van der Waals surface area contributed by atoms with Crippen molar-refractivity contribution in [3.63, 3.8) is 0 Å². The lowest BCUT2D eigenvalue weighted by Gasteiger charge is -2.07. The second-order valence-corrected chi connectivity index (χ2v) is 3.90. The zero-order chi connectivity index (χ0) is 12.3. The summed E-state index contributed by atoms with van der Waals surface area (Å²) in [7, 11) is 1.57. The zero-order valence-corrected chi connectivity index (χ0v) is 9.94. The van der Waals surface area contributed by atoms with Crippen LogP contribution in [0.2, 0.25) is 5.02 Å². The van der Waals surface area contributed by atoms with Gasteiger partial charge in [-0.15, -0.1) is 0 Å². The molecule has 0 aliphatic rings. The lowest BCUT2D eigenvalue weighted by Crippen LogP contribution is -1.90. The van der Waals surface area contributed by atoms with Crippen LogP contribution in [0.15, 0.2) is 36.7 Å². The van der Waals surface area contributed by atoms with Crippen LogP contribution in [0.3, 0.4) is 0 Å². The molecule has 0 saturated carbocycles. The quantitative estimate of drug-likeness (QED) is 0.782. The number of halogens is 1. The Labute approximate surface area is 104 Å². The van der Waals surface area contributed by atoms with Crippen molar-refractivity contribution in [1.29, 1.82) is 0 Å². The van der Waals surface area contributed by atoms with Crippen LogP contribution in [-0.4, -0.2) is 18.4 Å². The van der Waals surface area contributed by atoms with Crippen LogP contribution in [0.25, 0.3) is 11.1 Å². The number of hydrogen-bond acceptors (Lipinski definition) is 3. The van der Waals surface area contributed by atoms with E-state index in [0.29, 0.717) is 16.3 Å². The highest BCUT2D eigenvalue weighted by Crippen LogP contribution is 2.27. The number of nitrogens with zero attached hydrogens (tertiary/aromatic N) is 1. The molecule has 0 unspecified atom stereocenters. The number of aldehydes is 1. The Bertz CT molecular complexity index is 555. The summed E-state index contributed by atoms with van der Waals surface area (Å²) in [6, 6.07) is 6.92.